The first-order chi connectivity index (χ1) is 6.22. The predicted octanol–water partition coefficient (Wildman–Crippen LogP) is 3.29. The quantitative estimate of drug-likeness (QED) is 0.642. The Bertz CT molecular complexity index is 163. The molecule has 0 N–H and O–H groups in total. The molecule has 2 heteroatoms. The highest BCUT2D eigenvalue weighted by atomic mass is 32.2. The van der Waals surface area contributed by atoms with Gasteiger partial charge in [-0.25, -0.2) is 0 Å². The normalized spacial score (nSPS) is 40.4. The Morgan fingerprint density at radius 1 is 1.31 bits per heavy atom. The molecule has 0 atom stereocenters. The third-order valence-corrected chi connectivity index (χ3v) is 4.97. The Labute approximate surface area is 85.6 Å². The molecule has 1 saturated carbocycles. The summed E-state index contributed by atoms with van der Waals surface area (Å²) in [7, 11) is 0. The average molecular weight is 200 g/mol. The molecule has 0 aromatic carbocycles. The molecule has 1 aliphatic heterocycles. The van der Waals surface area contributed by atoms with E-state index in [0.717, 1.165) is 18.4 Å². The molecular weight excluding hydrogens is 180 g/mol. The minimum Gasteiger partial charge on any atom is -0.363 e. The molecule has 1 heterocycles. The van der Waals surface area contributed by atoms with Gasteiger partial charge in [0.05, 0.1) is 6.61 Å². The number of rotatable bonds is 1. The van der Waals surface area contributed by atoms with Crippen molar-refractivity contribution in [2.45, 2.75) is 44.5 Å². The Balaban J connectivity index is 1.88. The fraction of sp³-hybridized carbons (Fsp3) is 1.00. The Kier molecular flexibility index (Phi) is 2.89. The van der Waals surface area contributed by atoms with Crippen molar-refractivity contribution in [3.63, 3.8) is 0 Å². The number of hydrogen-bond acceptors (Lipinski definition) is 2. The first-order valence-corrected chi connectivity index (χ1v) is 6.48. The van der Waals surface area contributed by atoms with Gasteiger partial charge in [0.15, 0.2) is 0 Å². The van der Waals surface area contributed by atoms with Gasteiger partial charge in [-0.1, -0.05) is 13.8 Å². The molecule has 0 unspecified atom stereocenters. The summed E-state index contributed by atoms with van der Waals surface area (Å²) in [5, 5.41) is 0. The molecule has 13 heavy (non-hydrogen) atoms. The van der Waals surface area contributed by atoms with Crippen LogP contribution in [0.25, 0.3) is 0 Å². The van der Waals surface area contributed by atoms with Crippen LogP contribution in [0, 0.1) is 11.8 Å². The van der Waals surface area contributed by atoms with Crippen LogP contribution in [0.5, 0.6) is 0 Å². The molecular formula is C11H20OS. The zero-order chi connectivity index (χ0) is 9.31. The lowest BCUT2D eigenvalue weighted by Crippen LogP contribution is -2.31. The van der Waals surface area contributed by atoms with Crippen molar-refractivity contribution in [1.29, 1.82) is 0 Å². The van der Waals surface area contributed by atoms with Gasteiger partial charge in [-0.3, -0.25) is 0 Å². The van der Waals surface area contributed by atoms with E-state index in [1.165, 1.54) is 31.4 Å². The van der Waals surface area contributed by atoms with Gasteiger partial charge in [-0.2, -0.15) is 0 Å². The first-order valence-electron chi connectivity index (χ1n) is 5.50. The minimum atomic E-state index is 0.255. The molecule has 1 nitrogen and oxygen atoms in total. The van der Waals surface area contributed by atoms with Gasteiger partial charge in [0.1, 0.15) is 4.93 Å². The van der Waals surface area contributed by atoms with Gasteiger partial charge < -0.3 is 4.74 Å². The van der Waals surface area contributed by atoms with Crippen molar-refractivity contribution in [2.75, 3.05) is 12.4 Å². The highest BCUT2D eigenvalue weighted by Gasteiger charge is 2.39. The third-order valence-electron chi connectivity index (χ3n) is 3.55. The zero-order valence-corrected chi connectivity index (χ0v) is 9.53. The van der Waals surface area contributed by atoms with Crippen molar-refractivity contribution < 1.29 is 4.74 Å². The maximum Gasteiger partial charge on any atom is 0.113 e. The molecule has 0 radical (unpaired) electrons. The van der Waals surface area contributed by atoms with Crippen molar-refractivity contribution in [3.05, 3.63) is 0 Å². The summed E-state index contributed by atoms with van der Waals surface area (Å²) in [6.07, 6.45) is 5.34. The highest BCUT2D eigenvalue weighted by Crippen LogP contribution is 2.47. The van der Waals surface area contributed by atoms with Gasteiger partial charge >= 0.3 is 0 Å². The summed E-state index contributed by atoms with van der Waals surface area (Å²) in [6.45, 7) is 5.69. The molecule has 2 aliphatic rings. The number of ether oxygens (including phenoxy) is 1. The molecule has 0 aromatic heterocycles. The van der Waals surface area contributed by atoms with Gasteiger partial charge in [0.2, 0.25) is 0 Å². The van der Waals surface area contributed by atoms with Crippen LogP contribution in [0.3, 0.4) is 0 Å². The summed E-state index contributed by atoms with van der Waals surface area (Å²) in [4.78, 5) is 0.255. The predicted molar refractivity (Wildman–Crippen MR) is 57.9 cm³/mol. The van der Waals surface area contributed by atoms with Crippen LogP contribution < -0.4 is 0 Å². The lowest BCUT2D eigenvalue weighted by molar-refractivity contribution is 0.00739. The fourth-order valence-electron chi connectivity index (χ4n) is 2.53. The largest absolute Gasteiger partial charge is 0.363 e. The summed E-state index contributed by atoms with van der Waals surface area (Å²) >= 11 is 2.06. The Hall–Kier alpha value is 0.310. The summed E-state index contributed by atoms with van der Waals surface area (Å²) in [5.41, 5.74) is 0. The molecule has 0 aromatic rings. The van der Waals surface area contributed by atoms with Crippen LogP contribution in [0.2, 0.25) is 0 Å². The Morgan fingerprint density at radius 3 is 2.46 bits per heavy atom. The molecule has 2 rings (SSSR count). The van der Waals surface area contributed by atoms with Crippen molar-refractivity contribution in [3.8, 4) is 0 Å². The maximum atomic E-state index is 5.87. The number of hydrogen-bond donors (Lipinski definition) is 0. The van der Waals surface area contributed by atoms with Gasteiger partial charge in [0, 0.05) is 5.75 Å². The molecule has 1 saturated heterocycles. The molecule has 2 fully saturated rings. The van der Waals surface area contributed by atoms with Crippen molar-refractivity contribution >= 4 is 11.8 Å². The monoisotopic (exact) mass is 200 g/mol. The molecule has 1 aliphatic carbocycles. The van der Waals surface area contributed by atoms with E-state index in [2.05, 4.69) is 25.6 Å². The van der Waals surface area contributed by atoms with Crippen LogP contribution in [0.15, 0.2) is 0 Å². The van der Waals surface area contributed by atoms with E-state index in [-0.39, 0.29) is 4.93 Å². The van der Waals surface area contributed by atoms with Crippen molar-refractivity contribution in [2.24, 2.45) is 11.8 Å². The van der Waals surface area contributed by atoms with E-state index in [1.807, 2.05) is 0 Å². The van der Waals surface area contributed by atoms with E-state index < -0.39 is 0 Å². The number of thioether (sulfide) groups is 1. The Morgan fingerprint density at radius 2 is 2.00 bits per heavy atom. The van der Waals surface area contributed by atoms with E-state index in [0.29, 0.717) is 0 Å². The highest BCUT2D eigenvalue weighted by molar-refractivity contribution is 8.00. The van der Waals surface area contributed by atoms with Crippen LogP contribution in [-0.4, -0.2) is 17.3 Å². The lowest BCUT2D eigenvalue weighted by Gasteiger charge is -2.37. The van der Waals surface area contributed by atoms with Gasteiger partial charge in [-0.05, 0) is 37.5 Å². The van der Waals surface area contributed by atoms with E-state index in [4.69, 9.17) is 4.74 Å². The summed E-state index contributed by atoms with van der Waals surface area (Å²) in [6, 6.07) is 0. The average Bonchev–Trinajstić information content (AvgIpc) is 2.54. The second-order valence-electron chi connectivity index (χ2n) is 4.69. The molecule has 0 amide bonds. The zero-order valence-electron chi connectivity index (χ0n) is 8.71. The maximum absolute atomic E-state index is 5.87. The van der Waals surface area contributed by atoms with Crippen LogP contribution in [0.1, 0.15) is 39.5 Å². The van der Waals surface area contributed by atoms with Crippen LogP contribution >= 0.6 is 11.8 Å². The van der Waals surface area contributed by atoms with Gasteiger partial charge in [0.25, 0.3) is 0 Å². The summed E-state index contributed by atoms with van der Waals surface area (Å²) < 4.78 is 5.87. The van der Waals surface area contributed by atoms with Crippen LogP contribution in [-0.2, 0) is 4.74 Å². The first kappa shape index (κ1) is 9.85. The van der Waals surface area contributed by atoms with E-state index in [9.17, 15) is 0 Å². The van der Waals surface area contributed by atoms with E-state index >= 15 is 0 Å². The molecule has 1 spiro atoms. The third kappa shape index (κ3) is 2.04. The van der Waals surface area contributed by atoms with E-state index in [1.54, 1.807) is 0 Å². The topological polar surface area (TPSA) is 9.23 Å². The standard InChI is InChI=1S/C11H20OS/c1-9(2)10-3-5-11(6-4-10)12-7-8-13-11/h9-10H,3-8H2,1-2H3. The fourth-order valence-corrected chi connectivity index (χ4v) is 3.76. The second-order valence-corrected chi connectivity index (χ2v) is 6.13. The SMILES string of the molecule is CC(C)C1CCC2(CC1)OCCS2. The van der Waals surface area contributed by atoms with Gasteiger partial charge in [-0.15, -0.1) is 11.8 Å². The molecule has 0 bridgehead atoms. The minimum absolute atomic E-state index is 0.255. The van der Waals surface area contributed by atoms with Crippen molar-refractivity contribution in [1.82, 2.24) is 0 Å². The second kappa shape index (κ2) is 3.82. The smallest absolute Gasteiger partial charge is 0.113 e. The summed E-state index contributed by atoms with van der Waals surface area (Å²) in [5.74, 6) is 3.03. The lowest BCUT2D eigenvalue weighted by atomic mass is 9.80. The molecule has 76 valence electrons. The van der Waals surface area contributed by atoms with Crippen LogP contribution in [0.4, 0.5) is 0 Å².